The zero-order valence-electron chi connectivity index (χ0n) is 8.36. The number of ether oxygens (including phenoxy) is 1. The van der Waals surface area contributed by atoms with Crippen molar-refractivity contribution in [3.8, 4) is 0 Å². The zero-order valence-corrected chi connectivity index (χ0v) is 9.17. The Morgan fingerprint density at radius 1 is 1.64 bits per heavy atom. The van der Waals surface area contributed by atoms with Crippen molar-refractivity contribution in [2.75, 3.05) is 25.6 Å². The average Bonchev–Trinajstić information content (AvgIpc) is 2.59. The maximum Gasteiger partial charge on any atom is 0.202 e. The zero-order chi connectivity index (χ0) is 10.4. The number of methoxy groups -OCH3 is 1. The lowest BCUT2D eigenvalue weighted by Gasteiger charge is -2.03. The first-order valence-corrected chi connectivity index (χ1v) is 5.23. The second kappa shape index (κ2) is 5.90. The molecule has 1 rings (SSSR count). The van der Waals surface area contributed by atoms with Crippen molar-refractivity contribution in [1.82, 2.24) is 9.36 Å². The summed E-state index contributed by atoms with van der Waals surface area (Å²) >= 11 is 1.30. The van der Waals surface area contributed by atoms with Crippen LogP contribution in [0.25, 0.3) is 0 Å². The molecule has 0 aliphatic carbocycles. The Labute approximate surface area is 87.3 Å². The Morgan fingerprint density at radius 3 is 3.07 bits per heavy atom. The Balaban J connectivity index is 2.35. The maximum atomic E-state index is 9.04. The molecule has 0 saturated carbocycles. The molecule has 0 amide bonds. The minimum absolute atomic E-state index is 0.374. The summed E-state index contributed by atoms with van der Waals surface area (Å²) in [6, 6.07) is 0. The number of anilines is 1. The molecule has 1 unspecified atom stereocenters. The number of hydrogen-bond acceptors (Lipinski definition) is 6. The standard InChI is InChI=1S/C8H15N3O2S/c1-6(12)5-9-8-10-7(11-14-8)3-4-13-2/h6,12H,3-5H2,1-2H3,(H,9,10,11). The number of nitrogens with one attached hydrogen (secondary N) is 1. The molecule has 80 valence electrons. The van der Waals surface area contributed by atoms with E-state index in [-0.39, 0.29) is 6.10 Å². The maximum absolute atomic E-state index is 9.04. The Kier molecular flexibility index (Phi) is 4.78. The Morgan fingerprint density at radius 2 is 2.43 bits per heavy atom. The van der Waals surface area contributed by atoms with E-state index in [1.807, 2.05) is 0 Å². The largest absolute Gasteiger partial charge is 0.392 e. The second-order valence-electron chi connectivity index (χ2n) is 2.99. The molecule has 0 aliphatic heterocycles. The van der Waals surface area contributed by atoms with Gasteiger partial charge in [-0.2, -0.15) is 4.37 Å². The number of aliphatic hydroxyl groups excluding tert-OH is 1. The lowest BCUT2D eigenvalue weighted by atomic mass is 10.4. The van der Waals surface area contributed by atoms with E-state index in [1.165, 1.54) is 11.5 Å². The molecule has 0 spiro atoms. The average molecular weight is 217 g/mol. The second-order valence-corrected chi connectivity index (χ2v) is 3.74. The summed E-state index contributed by atoms with van der Waals surface area (Å²) in [4.78, 5) is 4.22. The third kappa shape index (κ3) is 3.99. The SMILES string of the molecule is COCCc1nsc(NCC(C)O)n1. The molecular formula is C8H15N3O2S. The van der Waals surface area contributed by atoms with Gasteiger partial charge in [0.15, 0.2) is 0 Å². The molecule has 0 aromatic carbocycles. The predicted molar refractivity (Wildman–Crippen MR) is 55.7 cm³/mol. The van der Waals surface area contributed by atoms with Gasteiger partial charge in [0.05, 0.1) is 12.7 Å². The summed E-state index contributed by atoms with van der Waals surface area (Å²) < 4.78 is 9.06. The van der Waals surface area contributed by atoms with Crippen molar-refractivity contribution in [1.29, 1.82) is 0 Å². The van der Waals surface area contributed by atoms with Gasteiger partial charge in [-0.25, -0.2) is 4.98 Å². The molecule has 6 heteroatoms. The quantitative estimate of drug-likeness (QED) is 0.727. The molecule has 0 saturated heterocycles. The van der Waals surface area contributed by atoms with E-state index in [9.17, 15) is 0 Å². The summed E-state index contributed by atoms with van der Waals surface area (Å²) in [6.45, 7) is 2.85. The monoisotopic (exact) mass is 217 g/mol. The van der Waals surface area contributed by atoms with Gasteiger partial charge in [0.1, 0.15) is 5.82 Å². The summed E-state index contributed by atoms with van der Waals surface area (Å²) in [5, 5.41) is 12.8. The van der Waals surface area contributed by atoms with E-state index in [0.717, 1.165) is 17.4 Å². The highest BCUT2D eigenvalue weighted by atomic mass is 32.1. The van der Waals surface area contributed by atoms with Crippen LogP contribution in [0.5, 0.6) is 0 Å². The molecule has 2 N–H and O–H groups in total. The molecule has 1 atom stereocenters. The number of rotatable bonds is 6. The molecule has 0 fully saturated rings. The van der Waals surface area contributed by atoms with Crippen molar-refractivity contribution >= 4 is 16.7 Å². The molecule has 1 heterocycles. The van der Waals surface area contributed by atoms with Crippen LogP contribution in [-0.2, 0) is 11.2 Å². The van der Waals surface area contributed by atoms with Crippen molar-refractivity contribution in [3.63, 3.8) is 0 Å². The molecular weight excluding hydrogens is 202 g/mol. The van der Waals surface area contributed by atoms with E-state index in [4.69, 9.17) is 9.84 Å². The fourth-order valence-electron chi connectivity index (χ4n) is 0.856. The molecule has 1 aromatic heterocycles. The van der Waals surface area contributed by atoms with Gasteiger partial charge in [-0.05, 0) is 6.92 Å². The number of aliphatic hydroxyl groups is 1. The Hall–Kier alpha value is -0.720. The van der Waals surface area contributed by atoms with Crippen molar-refractivity contribution in [2.24, 2.45) is 0 Å². The van der Waals surface area contributed by atoms with Gasteiger partial charge in [0.2, 0.25) is 5.13 Å². The smallest absolute Gasteiger partial charge is 0.202 e. The minimum Gasteiger partial charge on any atom is -0.392 e. The van der Waals surface area contributed by atoms with Crippen LogP contribution in [0.1, 0.15) is 12.7 Å². The van der Waals surface area contributed by atoms with E-state index in [0.29, 0.717) is 13.2 Å². The van der Waals surface area contributed by atoms with Crippen LogP contribution in [0.15, 0.2) is 0 Å². The van der Waals surface area contributed by atoms with Gasteiger partial charge in [-0.3, -0.25) is 0 Å². The van der Waals surface area contributed by atoms with Gasteiger partial charge in [0.25, 0.3) is 0 Å². The van der Waals surface area contributed by atoms with E-state index in [2.05, 4.69) is 14.7 Å². The topological polar surface area (TPSA) is 67.3 Å². The first kappa shape index (κ1) is 11.4. The fraction of sp³-hybridized carbons (Fsp3) is 0.750. The molecule has 0 radical (unpaired) electrons. The van der Waals surface area contributed by atoms with Crippen molar-refractivity contribution in [2.45, 2.75) is 19.4 Å². The third-order valence-electron chi connectivity index (χ3n) is 1.55. The Bertz CT molecular complexity index is 265. The van der Waals surface area contributed by atoms with Gasteiger partial charge in [0, 0.05) is 31.6 Å². The lowest BCUT2D eigenvalue weighted by molar-refractivity contribution is 0.200. The molecule has 5 nitrogen and oxygen atoms in total. The van der Waals surface area contributed by atoms with Crippen LogP contribution in [-0.4, -0.2) is 40.8 Å². The van der Waals surface area contributed by atoms with Crippen LogP contribution >= 0.6 is 11.5 Å². The van der Waals surface area contributed by atoms with Crippen molar-refractivity contribution in [3.05, 3.63) is 5.82 Å². The minimum atomic E-state index is -0.374. The first-order chi connectivity index (χ1) is 6.72. The summed E-state index contributed by atoms with van der Waals surface area (Å²) in [5.41, 5.74) is 0. The summed E-state index contributed by atoms with van der Waals surface area (Å²) in [7, 11) is 1.65. The molecule has 0 aliphatic rings. The van der Waals surface area contributed by atoms with E-state index < -0.39 is 0 Å². The first-order valence-electron chi connectivity index (χ1n) is 4.46. The number of aromatic nitrogens is 2. The highest BCUT2D eigenvalue weighted by Gasteiger charge is 2.03. The van der Waals surface area contributed by atoms with E-state index in [1.54, 1.807) is 14.0 Å². The third-order valence-corrected chi connectivity index (χ3v) is 2.26. The highest BCUT2D eigenvalue weighted by molar-refractivity contribution is 7.09. The fourth-order valence-corrected chi connectivity index (χ4v) is 1.47. The summed E-state index contributed by atoms with van der Waals surface area (Å²) in [5.74, 6) is 0.782. The lowest BCUT2D eigenvalue weighted by Crippen LogP contribution is -2.15. The van der Waals surface area contributed by atoms with Crippen LogP contribution in [0, 0.1) is 0 Å². The van der Waals surface area contributed by atoms with Gasteiger partial charge in [-0.1, -0.05) is 0 Å². The normalized spacial score (nSPS) is 12.8. The molecule has 0 bridgehead atoms. The van der Waals surface area contributed by atoms with E-state index >= 15 is 0 Å². The predicted octanol–water partition coefficient (Wildman–Crippen LogP) is 0.520. The summed E-state index contributed by atoms with van der Waals surface area (Å²) in [6.07, 6.45) is 0.352. The molecule has 1 aromatic rings. The van der Waals surface area contributed by atoms with Crippen LogP contribution in [0.3, 0.4) is 0 Å². The van der Waals surface area contributed by atoms with Gasteiger partial charge < -0.3 is 15.2 Å². The number of hydrogen-bond donors (Lipinski definition) is 2. The van der Waals surface area contributed by atoms with Gasteiger partial charge in [-0.15, -0.1) is 0 Å². The van der Waals surface area contributed by atoms with Gasteiger partial charge >= 0.3 is 0 Å². The number of nitrogens with zero attached hydrogens (tertiary/aromatic N) is 2. The van der Waals surface area contributed by atoms with Crippen molar-refractivity contribution < 1.29 is 9.84 Å². The molecule has 14 heavy (non-hydrogen) atoms. The van der Waals surface area contributed by atoms with Crippen LogP contribution in [0.4, 0.5) is 5.13 Å². The van der Waals surface area contributed by atoms with Crippen LogP contribution in [0.2, 0.25) is 0 Å². The van der Waals surface area contributed by atoms with Crippen LogP contribution < -0.4 is 5.32 Å². The highest BCUT2D eigenvalue weighted by Crippen LogP contribution is 2.10.